The molecule has 0 radical (unpaired) electrons. The Morgan fingerprint density at radius 3 is 2.50 bits per heavy atom. The molecular formula is C19H25N3O4. The predicted molar refractivity (Wildman–Crippen MR) is 96.7 cm³/mol. The van der Waals surface area contributed by atoms with Crippen molar-refractivity contribution in [3.8, 4) is 11.4 Å². The van der Waals surface area contributed by atoms with Crippen LogP contribution in [0, 0.1) is 0 Å². The van der Waals surface area contributed by atoms with Crippen LogP contribution in [0.1, 0.15) is 51.0 Å². The van der Waals surface area contributed by atoms with Gasteiger partial charge in [-0.25, -0.2) is 0 Å². The molecule has 1 amide bonds. The van der Waals surface area contributed by atoms with Crippen LogP contribution in [0.25, 0.3) is 11.4 Å². The Morgan fingerprint density at radius 1 is 1.23 bits per heavy atom. The van der Waals surface area contributed by atoms with Crippen molar-refractivity contribution in [2.75, 3.05) is 13.1 Å². The number of carbonyl (C=O) groups is 2. The summed E-state index contributed by atoms with van der Waals surface area (Å²) < 4.78 is 5.22. The van der Waals surface area contributed by atoms with Crippen molar-refractivity contribution < 1.29 is 19.2 Å². The minimum absolute atomic E-state index is 0.140. The number of hydrogen-bond donors (Lipinski definition) is 1. The zero-order chi connectivity index (χ0) is 19.1. The van der Waals surface area contributed by atoms with Crippen LogP contribution in [-0.4, -0.2) is 45.1 Å². The highest BCUT2D eigenvalue weighted by molar-refractivity contribution is 5.81. The van der Waals surface area contributed by atoms with Crippen LogP contribution >= 0.6 is 0 Å². The Morgan fingerprint density at radius 2 is 1.92 bits per heavy atom. The Hall–Kier alpha value is -2.70. The third-order valence-corrected chi connectivity index (χ3v) is 4.03. The molecule has 1 heterocycles. The molecule has 26 heavy (non-hydrogen) atoms. The summed E-state index contributed by atoms with van der Waals surface area (Å²) in [5, 5.41) is 12.9. The zero-order valence-electron chi connectivity index (χ0n) is 15.4. The Balaban J connectivity index is 1.97. The van der Waals surface area contributed by atoms with Crippen molar-refractivity contribution in [1.82, 2.24) is 15.0 Å². The van der Waals surface area contributed by atoms with Crippen LogP contribution in [0.4, 0.5) is 0 Å². The molecule has 7 heteroatoms. The van der Waals surface area contributed by atoms with Gasteiger partial charge in [-0.05, 0) is 17.9 Å². The fourth-order valence-electron chi connectivity index (χ4n) is 2.59. The van der Waals surface area contributed by atoms with E-state index in [2.05, 4.69) is 24.0 Å². The highest BCUT2D eigenvalue weighted by Gasteiger charge is 2.17. The van der Waals surface area contributed by atoms with Crippen LogP contribution in [-0.2, 0) is 16.0 Å². The second-order valence-corrected chi connectivity index (χ2v) is 6.50. The molecule has 1 aromatic carbocycles. The molecule has 0 bridgehead atoms. The van der Waals surface area contributed by atoms with E-state index in [0.29, 0.717) is 30.6 Å². The maximum Gasteiger partial charge on any atom is 0.323 e. The zero-order valence-corrected chi connectivity index (χ0v) is 15.4. The quantitative estimate of drug-likeness (QED) is 0.739. The first-order valence-electron chi connectivity index (χ1n) is 8.83. The van der Waals surface area contributed by atoms with Crippen molar-refractivity contribution in [3.05, 3.63) is 35.7 Å². The lowest BCUT2D eigenvalue weighted by atomic mass is 10.0. The summed E-state index contributed by atoms with van der Waals surface area (Å²) in [6.45, 7) is 6.29. The van der Waals surface area contributed by atoms with Crippen molar-refractivity contribution >= 4 is 11.9 Å². The van der Waals surface area contributed by atoms with Crippen LogP contribution in [0.2, 0.25) is 0 Å². The SMILES string of the molecule is CCCN(CC(=O)O)C(=O)CCc1nc(-c2ccc(C(C)C)cc2)no1. The monoisotopic (exact) mass is 359 g/mol. The number of hydrogen-bond acceptors (Lipinski definition) is 5. The molecule has 0 aliphatic carbocycles. The van der Waals surface area contributed by atoms with Gasteiger partial charge in [-0.2, -0.15) is 4.98 Å². The van der Waals surface area contributed by atoms with E-state index in [9.17, 15) is 9.59 Å². The Labute approximate surface area is 153 Å². The number of carboxylic acids is 1. The lowest BCUT2D eigenvalue weighted by Crippen LogP contribution is -2.36. The van der Waals surface area contributed by atoms with Crippen molar-refractivity contribution in [2.45, 2.75) is 46.0 Å². The normalized spacial score (nSPS) is 10.9. The van der Waals surface area contributed by atoms with Crippen LogP contribution in [0.3, 0.4) is 0 Å². The van der Waals surface area contributed by atoms with Crippen molar-refractivity contribution in [2.24, 2.45) is 0 Å². The molecule has 0 saturated heterocycles. The summed E-state index contributed by atoms with van der Waals surface area (Å²) in [6, 6.07) is 7.97. The van der Waals surface area contributed by atoms with E-state index < -0.39 is 5.97 Å². The van der Waals surface area contributed by atoms with Gasteiger partial charge in [0.2, 0.25) is 17.6 Å². The van der Waals surface area contributed by atoms with E-state index in [4.69, 9.17) is 9.63 Å². The van der Waals surface area contributed by atoms with E-state index in [1.54, 1.807) is 0 Å². The average molecular weight is 359 g/mol. The molecule has 0 aliphatic heterocycles. The minimum Gasteiger partial charge on any atom is -0.480 e. The molecule has 0 fully saturated rings. The van der Waals surface area contributed by atoms with E-state index in [1.807, 2.05) is 31.2 Å². The second-order valence-electron chi connectivity index (χ2n) is 6.50. The van der Waals surface area contributed by atoms with Crippen molar-refractivity contribution in [1.29, 1.82) is 0 Å². The molecule has 2 rings (SSSR count). The van der Waals surface area contributed by atoms with E-state index in [0.717, 1.165) is 5.56 Å². The molecule has 140 valence electrons. The molecule has 0 spiro atoms. The number of amides is 1. The number of aromatic nitrogens is 2. The lowest BCUT2D eigenvalue weighted by molar-refractivity contribution is -0.144. The summed E-state index contributed by atoms with van der Waals surface area (Å²) in [5.41, 5.74) is 2.09. The Kier molecular flexibility index (Phi) is 6.89. The molecule has 0 unspecified atom stereocenters. The highest BCUT2D eigenvalue weighted by Crippen LogP contribution is 2.20. The molecule has 0 saturated carbocycles. The van der Waals surface area contributed by atoms with Crippen LogP contribution in [0.15, 0.2) is 28.8 Å². The van der Waals surface area contributed by atoms with E-state index in [-0.39, 0.29) is 25.3 Å². The summed E-state index contributed by atoms with van der Waals surface area (Å²) >= 11 is 0. The maximum atomic E-state index is 12.2. The van der Waals surface area contributed by atoms with Crippen LogP contribution in [0.5, 0.6) is 0 Å². The smallest absolute Gasteiger partial charge is 0.323 e. The first kappa shape index (κ1) is 19.6. The summed E-state index contributed by atoms with van der Waals surface area (Å²) in [5.74, 6) is 0.0616. The maximum absolute atomic E-state index is 12.2. The minimum atomic E-state index is -1.02. The fraction of sp³-hybridized carbons (Fsp3) is 0.474. The second kappa shape index (κ2) is 9.12. The predicted octanol–water partition coefficient (Wildman–Crippen LogP) is 3.12. The molecule has 0 aliphatic rings. The van der Waals surface area contributed by atoms with Gasteiger partial charge in [0.25, 0.3) is 0 Å². The summed E-state index contributed by atoms with van der Waals surface area (Å²) in [7, 11) is 0. The third-order valence-electron chi connectivity index (χ3n) is 4.03. The van der Waals surface area contributed by atoms with Gasteiger partial charge in [0.1, 0.15) is 6.54 Å². The third kappa shape index (κ3) is 5.40. The average Bonchev–Trinajstić information content (AvgIpc) is 3.08. The van der Waals surface area contributed by atoms with E-state index in [1.165, 1.54) is 10.5 Å². The van der Waals surface area contributed by atoms with Gasteiger partial charge in [0.15, 0.2) is 0 Å². The molecular weight excluding hydrogens is 334 g/mol. The van der Waals surface area contributed by atoms with Gasteiger partial charge >= 0.3 is 5.97 Å². The summed E-state index contributed by atoms with van der Waals surface area (Å²) in [6.07, 6.45) is 1.13. The standard InChI is InChI=1S/C19H25N3O4/c1-4-11-22(12-18(24)25)17(23)10-9-16-20-19(21-26-16)15-7-5-14(6-8-15)13(2)3/h5-8,13H,4,9-12H2,1-3H3,(H,24,25). The van der Waals surface area contributed by atoms with Gasteiger partial charge in [-0.1, -0.05) is 50.2 Å². The summed E-state index contributed by atoms with van der Waals surface area (Å²) in [4.78, 5) is 28.7. The number of aryl methyl sites for hydroxylation is 1. The largest absolute Gasteiger partial charge is 0.480 e. The van der Waals surface area contributed by atoms with Gasteiger partial charge in [-0.15, -0.1) is 0 Å². The Bertz CT molecular complexity index is 737. The number of benzene rings is 1. The first-order chi connectivity index (χ1) is 12.4. The first-order valence-corrected chi connectivity index (χ1v) is 8.83. The van der Waals surface area contributed by atoms with Gasteiger partial charge < -0.3 is 14.5 Å². The number of nitrogens with zero attached hydrogens (tertiary/aromatic N) is 3. The van der Waals surface area contributed by atoms with Crippen LogP contribution < -0.4 is 0 Å². The molecule has 0 atom stereocenters. The van der Waals surface area contributed by atoms with Crippen molar-refractivity contribution in [3.63, 3.8) is 0 Å². The van der Waals surface area contributed by atoms with Gasteiger partial charge in [0, 0.05) is 24.9 Å². The molecule has 2 aromatic rings. The number of rotatable bonds is 9. The number of carbonyl (C=O) groups excluding carboxylic acids is 1. The molecule has 1 N–H and O–H groups in total. The van der Waals surface area contributed by atoms with Gasteiger partial charge in [0.05, 0.1) is 0 Å². The lowest BCUT2D eigenvalue weighted by Gasteiger charge is -2.19. The number of carboxylic acid groups (broad SMARTS) is 1. The fourth-order valence-corrected chi connectivity index (χ4v) is 2.59. The molecule has 1 aromatic heterocycles. The molecule has 7 nitrogen and oxygen atoms in total. The van der Waals surface area contributed by atoms with E-state index >= 15 is 0 Å². The highest BCUT2D eigenvalue weighted by atomic mass is 16.5. The van der Waals surface area contributed by atoms with Gasteiger partial charge in [-0.3, -0.25) is 9.59 Å². The topological polar surface area (TPSA) is 96.5 Å². The number of aliphatic carboxylic acids is 1.